The quantitative estimate of drug-likeness (QED) is 0.246. The predicted octanol–water partition coefficient (Wildman–Crippen LogP) is 6.59. The second kappa shape index (κ2) is 12.7. The average Bonchev–Trinajstić information content (AvgIpc) is 2.40. The van der Waals surface area contributed by atoms with Crippen molar-refractivity contribution in [1.82, 2.24) is 0 Å². The Bertz CT molecular complexity index is 229. The van der Waals surface area contributed by atoms with Crippen LogP contribution in [0.5, 0.6) is 0 Å². The minimum absolute atomic E-state index is 0.891. The van der Waals surface area contributed by atoms with E-state index in [2.05, 4.69) is 40.0 Å². The molecule has 4 heteroatoms. The Kier molecular flexibility index (Phi) is 12.9. The van der Waals surface area contributed by atoms with Crippen LogP contribution in [0, 0.1) is 0 Å². The third-order valence-electron chi connectivity index (χ3n) is 4.38. The molecular formula is C18H42O2Si2. The molecule has 134 valence electrons. The minimum Gasteiger partial charge on any atom is -0.418 e. The Labute approximate surface area is 142 Å². The van der Waals surface area contributed by atoms with Gasteiger partial charge in [0.1, 0.15) is 0 Å². The van der Waals surface area contributed by atoms with E-state index < -0.39 is 16.6 Å². The summed E-state index contributed by atoms with van der Waals surface area (Å²) >= 11 is 0. The summed E-state index contributed by atoms with van der Waals surface area (Å²) in [5.74, 6) is 0. The molecule has 0 unspecified atom stereocenters. The first-order chi connectivity index (χ1) is 10.3. The lowest BCUT2D eigenvalue weighted by atomic mass is 10.1. The summed E-state index contributed by atoms with van der Waals surface area (Å²) < 4.78 is 11.8. The standard InChI is InChI=1S/C18H42O2Si2/c1-7-19-21(3,4)17-15-13-11-9-10-12-14-16-18-22(5,6)20-8-2/h7-18H2,1-6H3. The van der Waals surface area contributed by atoms with Crippen LogP contribution in [-0.2, 0) is 8.85 Å². The van der Waals surface area contributed by atoms with Crippen LogP contribution in [-0.4, -0.2) is 29.8 Å². The fourth-order valence-electron chi connectivity index (χ4n) is 3.09. The van der Waals surface area contributed by atoms with E-state index in [1.54, 1.807) is 0 Å². The van der Waals surface area contributed by atoms with E-state index in [0.29, 0.717) is 0 Å². The van der Waals surface area contributed by atoms with Crippen molar-refractivity contribution in [2.75, 3.05) is 13.2 Å². The van der Waals surface area contributed by atoms with Gasteiger partial charge >= 0.3 is 0 Å². The molecule has 22 heavy (non-hydrogen) atoms. The van der Waals surface area contributed by atoms with Gasteiger partial charge in [-0.15, -0.1) is 0 Å². The van der Waals surface area contributed by atoms with E-state index in [-0.39, 0.29) is 0 Å². The van der Waals surface area contributed by atoms with E-state index in [1.807, 2.05) is 0 Å². The van der Waals surface area contributed by atoms with Gasteiger partial charge in [-0.1, -0.05) is 51.4 Å². The third-order valence-corrected chi connectivity index (χ3v) is 9.63. The minimum atomic E-state index is -1.32. The Morgan fingerprint density at radius 2 is 0.773 bits per heavy atom. The molecule has 0 aromatic rings. The van der Waals surface area contributed by atoms with E-state index in [0.717, 1.165) is 13.2 Å². The molecule has 0 radical (unpaired) electrons. The van der Waals surface area contributed by atoms with Crippen molar-refractivity contribution >= 4 is 16.6 Å². The number of unbranched alkanes of at least 4 members (excludes halogenated alkanes) is 7. The van der Waals surface area contributed by atoms with Crippen molar-refractivity contribution in [3.05, 3.63) is 0 Å². The van der Waals surface area contributed by atoms with Crippen LogP contribution in [0.2, 0.25) is 38.3 Å². The highest BCUT2D eigenvalue weighted by atomic mass is 28.4. The van der Waals surface area contributed by atoms with E-state index in [1.165, 1.54) is 63.5 Å². The summed E-state index contributed by atoms with van der Waals surface area (Å²) in [5, 5.41) is 0. The Hall–Kier alpha value is 0.354. The number of rotatable bonds is 15. The molecule has 0 rings (SSSR count). The highest BCUT2D eigenvalue weighted by Crippen LogP contribution is 2.19. The third kappa shape index (κ3) is 14.0. The lowest BCUT2D eigenvalue weighted by Gasteiger charge is -2.21. The second-order valence-electron chi connectivity index (χ2n) is 7.71. The van der Waals surface area contributed by atoms with E-state index >= 15 is 0 Å². The monoisotopic (exact) mass is 346 g/mol. The zero-order valence-corrected chi connectivity index (χ0v) is 18.3. The smallest absolute Gasteiger partial charge is 0.186 e. The maximum atomic E-state index is 5.88. The normalized spacial score (nSPS) is 12.8. The van der Waals surface area contributed by atoms with E-state index in [4.69, 9.17) is 8.85 Å². The first-order valence-corrected chi connectivity index (χ1v) is 15.8. The lowest BCUT2D eigenvalue weighted by Crippen LogP contribution is -2.29. The van der Waals surface area contributed by atoms with Crippen LogP contribution in [0.4, 0.5) is 0 Å². The van der Waals surface area contributed by atoms with Crippen LogP contribution < -0.4 is 0 Å². The van der Waals surface area contributed by atoms with Gasteiger partial charge in [-0.3, -0.25) is 0 Å². The lowest BCUT2D eigenvalue weighted by molar-refractivity contribution is 0.327. The van der Waals surface area contributed by atoms with E-state index in [9.17, 15) is 0 Å². The van der Waals surface area contributed by atoms with Gasteiger partial charge in [-0.2, -0.15) is 0 Å². The summed E-state index contributed by atoms with van der Waals surface area (Å²) in [4.78, 5) is 0. The SMILES string of the molecule is CCO[Si](C)(C)CCCCCCCCCC[Si](C)(C)OCC. The molecule has 0 heterocycles. The van der Waals surface area contributed by atoms with Crippen LogP contribution in [0.15, 0.2) is 0 Å². The van der Waals surface area contributed by atoms with Gasteiger partial charge in [0.15, 0.2) is 16.6 Å². The number of hydrogen-bond donors (Lipinski definition) is 0. The molecule has 0 spiro atoms. The Balaban J connectivity index is 3.34. The van der Waals surface area contributed by atoms with Crippen molar-refractivity contribution in [3.63, 3.8) is 0 Å². The molecule has 0 aliphatic rings. The largest absolute Gasteiger partial charge is 0.418 e. The summed E-state index contributed by atoms with van der Waals surface area (Å²) in [7, 11) is -2.64. The van der Waals surface area contributed by atoms with Crippen molar-refractivity contribution in [2.24, 2.45) is 0 Å². The highest BCUT2D eigenvalue weighted by molar-refractivity contribution is 6.71. The molecule has 0 atom stereocenters. The molecule has 0 aromatic heterocycles. The summed E-state index contributed by atoms with van der Waals surface area (Å²) in [6.07, 6.45) is 11.2. The molecule has 0 N–H and O–H groups in total. The van der Waals surface area contributed by atoms with Crippen LogP contribution in [0.1, 0.15) is 65.2 Å². The van der Waals surface area contributed by atoms with Crippen LogP contribution in [0.25, 0.3) is 0 Å². The summed E-state index contributed by atoms with van der Waals surface area (Å²) in [5.41, 5.74) is 0. The zero-order chi connectivity index (χ0) is 16.9. The van der Waals surface area contributed by atoms with Crippen LogP contribution in [0.3, 0.4) is 0 Å². The topological polar surface area (TPSA) is 18.5 Å². The molecule has 0 aromatic carbocycles. The number of hydrogen-bond acceptors (Lipinski definition) is 2. The molecule has 0 saturated carbocycles. The van der Waals surface area contributed by atoms with Gasteiger partial charge in [-0.05, 0) is 52.1 Å². The fourth-order valence-corrected chi connectivity index (χ4v) is 7.14. The first-order valence-electron chi connectivity index (χ1n) is 9.61. The second-order valence-corrected chi connectivity index (χ2v) is 16.3. The summed E-state index contributed by atoms with van der Waals surface area (Å²) in [6, 6.07) is 2.66. The molecule has 0 bridgehead atoms. The Morgan fingerprint density at radius 3 is 1.05 bits per heavy atom. The molecular weight excluding hydrogens is 304 g/mol. The van der Waals surface area contributed by atoms with Gasteiger partial charge in [0.25, 0.3) is 0 Å². The van der Waals surface area contributed by atoms with Gasteiger partial charge in [0.2, 0.25) is 0 Å². The molecule has 2 nitrogen and oxygen atoms in total. The molecule has 0 fully saturated rings. The van der Waals surface area contributed by atoms with Crippen molar-refractivity contribution in [2.45, 2.75) is 103 Å². The predicted molar refractivity (Wildman–Crippen MR) is 105 cm³/mol. The molecule has 0 saturated heterocycles. The maximum Gasteiger partial charge on any atom is 0.186 e. The van der Waals surface area contributed by atoms with Crippen molar-refractivity contribution < 1.29 is 8.85 Å². The maximum absolute atomic E-state index is 5.88. The molecule has 0 aliphatic carbocycles. The zero-order valence-electron chi connectivity index (χ0n) is 16.3. The molecule has 0 amide bonds. The van der Waals surface area contributed by atoms with Gasteiger partial charge in [0.05, 0.1) is 0 Å². The highest BCUT2D eigenvalue weighted by Gasteiger charge is 2.21. The summed E-state index contributed by atoms with van der Waals surface area (Å²) in [6.45, 7) is 15.4. The van der Waals surface area contributed by atoms with Gasteiger partial charge < -0.3 is 8.85 Å². The molecule has 0 aliphatic heterocycles. The van der Waals surface area contributed by atoms with Crippen LogP contribution >= 0.6 is 0 Å². The van der Waals surface area contributed by atoms with Gasteiger partial charge in [-0.25, -0.2) is 0 Å². The average molecular weight is 347 g/mol. The Morgan fingerprint density at radius 1 is 0.500 bits per heavy atom. The fraction of sp³-hybridized carbons (Fsp3) is 1.00. The van der Waals surface area contributed by atoms with Gasteiger partial charge in [0, 0.05) is 13.2 Å². The van der Waals surface area contributed by atoms with Crippen molar-refractivity contribution in [1.29, 1.82) is 0 Å². The first kappa shape index (κ1) is 22.4. The van der Waals surface area contributed by atoms with Crippen molar-refractivity contribution in [3.8, 4) is 0 Å².